The first-order chi connectivity index (χ1) is 7.34. The lowest BCUT2D eigenvalue weighted by molar-refractivity contribution is -0.0286. The number of aromatic nitrogens is 1. The van der Waals surface area contributed by atoms with E-state index in [1.54, 1.807) is 12.5 Å². The number of ether oxygens (including phenoxy) is 2. The van der Waals surface area contributed by atoms with E-state index in [-0.39, 0.29) is 0 Å². The van der Waals surface area contributed by atoms with E-state index in [1.807, 2.05) is 6.07 Å². The fraction of sp³-hybridized carbons (Fsp3) is 0.364. The summed E-state index contributed by atoms with van der Waals surface area (Å²) in [5.74, 6) is 0.645. The lowest BCUT2D eigenvalue weighted by Crippen LogP contribution is -2.04. The lowest BCUT2D eigenvalue weighted by Gasteiger charge is -2.12. The predicted octanol–water partition coefficient (Wildman–Crippen LogP) is 3.24. The van der Waals surface area contributed by atoms with Crippen LogP contribution in [0.2, 0.25) is 0 Å². The average Bonchev–Trinajstić information content (AvgIpc) is 2.95. The second-order valence-electron chi connectivity index (χ2n) is 3.75. The second-order valence-corrected chi connectivity index (χ2v) is 4.61. The molecule has 1 saturated carbocycles. The maximum Gasteiger partial charge on any atom is 0.284 e. The Balaban J connectivity index is 1.93. The Labute approximate surface area is 96.2 Å². The van der Waals surface area contributed by atoms with Gasteiger partial charge < -0.3 is 9.47 Å². The number of hydrogen-bond donors (Lipinski definition) is 0. The third-order valence-electron chi connectivity index (χ3n) is 2.57. The van der Waals surface area contributed by atoms with Crippen LogP contribution >= 0.6 is 15.9 Å². The molecule has 1 aromatic heterocycles. The minimum atomic E-state index is -0.391. The highest BCUT2D eigenvalue weighted by Crippen LogP contribution is 2.40. The molecule has 0 N–H and O–H groups in total. The zero-order valence-corrected chi connectivity index (χ0v) is 9.61. The van der Waals surface area contributed by atoms with Crippen molar-refractivity contribution in [2.45, 2.75) is 25.0 Å². The smallest absolute Gasteiger partial charge is 0.284 e. The van der Waals surface area contributed by atoms with Crippen molar-refractivity contribution in [2.75, 3.05) is 0 Å². The summed E-state index contributed by atoms with van der Waals surface area (Å²) in [5.41, 5.74) is 1.97. The van der Waals surface area contributed by atoms with Gasteiger partial charge in [0.05, 0.1) is 0 Å². The van der Waals surface area contributed by atoms with E-state index in [1.165, 1.54) is 12.8 Å². The monoisotopic (exact) mass is 267 g/mol. The van der Waals surface area contributed by atoms with Crippen LogP contribution in [0.3, 0.4) is 0 Å². The molecule has 0 atom stereocenters. The summed E-state index contributed by atoms with van der Waals surface area (Å²) in [6, 6.07) is 4.08. The molecule has 15 heavy (non-hydrogen) atoms. The summed E-state index contributed by atoms with van der Waals surface area (Å²) in [7, 11) is 0. The van der Waals surface area contributed by atoms with Crippen molar-refractivity contribution >= 4 is 15.9 Å². The van der Waals surface area contributed by atoms with Crippen molar-refractivity contribution in [3.63, 3.8) is 0 Å². The van der Waals surface area contributed by atoms with Crippen molar-refractivity contribution < 1.29 is 9.47 Å². The number of rotatable bonds is 2. The van der Waals surface area contributed by atoms with Gasteiger partial charge in [-0.2, -0.15) is 0 Å². The van der Waals surface area contributed by atoms with Crippen molar-refractivity contribution in [1.82, 2.24) is 4.98 Å². The third-order valence-corrected chi connectivity index (χ3v) is 3.24. The van der Waals surface area contributed by atoms with Crippen LogP contribution in [0, 0.1) is 0 Å². The Hall–Kier alpha value is -1.03. The fourth-order valence-corrected chi connectivity index (χ4v) is 2.02. The summed E-state index contributed by atoms with van der Waals surface area (Å²) in [6.45, 7) is 0. The van der Waals surface area contributed by atoms with Crippen LogP contribution in [0.1, 0.15) is 36.4 Å². The topological polar surface area (TPSA) is 31.4 Å². The van der Waals surface area contributed by atoms with E-state index < -0.39 is 6.29 Å². The Kier molecular flexibility index (Phi) is 2.16. The Morgan fingerprint density at radius 3 is 2.60 bits per heavy atom. The Bertz CT molecular complexity index is 407. The molecule has 1 fully saturated rings. The molecule has 0 saturated heterocycles. The highest BCUT2D eigenvalue weighted by Gasteiger charge is 2.28. The van der Waals surface area contributed by atoms with Gasteiger partial charge in [-0.1, -0.05) is 0 Å². The highest BCUT2D eigenvalue weighted by atomic mass is 79.9. The molecule has 2 aliphatic rings. The van der Waals surface area contributed by atoms with E-state index in [2.05, 4.69) is 27.0 Å². The molecule has 4 heteroatoms. The summed E-state index contributed by atoms with van der Waals surface area (Å²) in [4.78, 5) is 4.58. The summed E-state index contributed by atoms with van der Waals surface area (Å²) < 4.78 is 11.5. The first-order valence-electron chi connectivity index (χ1n) is 4.97. The number of halogens is 1. The van der Waals surface area contributed by atoms with Gasteiger partial charge in [0.25, 0.3) is 6.29 Å². The van der Waals surface area contributed by atoms with Gasteiger partial charge in [-0.05, 0) is 40.9 Å². The van der Waals surface area contributed by atoms with Gasteiger partial charge in [0.15, 0.2) is 0 Å². The summed E-state index contributed by atoms with van der Waals surface area (Å²) >= 11 is 3.46. The minimum absolute atomic E-state index is 0.391. The van der Waals surface area contributed by atoms with Gasteiger partial charge in [0.1, 0.15) is 18.2 Å². The normalized spacial score (nSPS) is 20.1. The van der Waals surface area contributed by atoms with Crippen LogP contribution in [0.15, 0.2) is 29.1 Å². The molecule has 1 aliphatic carbocycles. The number of pyridine rings is 1. The maximum absolute atomic E-state index is 5.28. The van der Waals surface area contributed by atoms with Gasteiger partial charge in [-0.25, -0.2) is 4.98 Å². The summed E-state index contributed by atoms with van der Waals surface area (Å²) in [5, 5.41) is 0. The molecule has 0 radical (unpaired) electrons. The number of nitrogens with zero attached hydrogens (tertiary/aromatic N) is 1. The van der Waals surface area contributed by atoms with E-state index >= 15 is 0 Å². The molecule has 2 heterocycles. The predicted molar refractivity (Wildman–Crippen MR) is 58.0 cm³/mol. The minimum Gasteiger partial charge on any atom is -0.454 e. The van der Waals surface area contributed by atoms with Gasteiger partial charge in [-0.3, -0.25) is 0 Å². The van der Waals surface area contributed by atoms with Crippen molar-refractivity contribution in [3.05, 3.63) is 40.5 Å². The quantitative estimate of drug-likeness (QED) is 0.825. The molecule has 3 nitrogen and oxygen atoms in total. The second kappa shape index (κ2) is 3.52. The van der Waals surface area contributed by atoms with Gasteiger partial charge in [0.2, 0.25) is 0 Å². The first kappa shape index (κ1) is 9.21. The largest absolute Gasteiger partial charge is 0.454 e. The molecule has 3 rings (SSSR count). The Morgan fingerprint density at radius 1 is 1.20 bits per heavy atom. The average molecular weight is 268 g/mol. The zero-order valence-electron chi connectivity index (χ0n) is 8.02. The molecule has 0 unspecified atom stereocenters. The molecule has 78 valence electrons. The van der Waals surface area contributed by atoms with E-state index in [0.717, 1.165) is 15.9 Å². The summed E-state index contributed by atoms with van der Waals surface area (Å²) in [6.07, 6.45) is 5.20. The van der Waals surface area contributed by atoms with E-state index in [4.69, 9.17) is 9.47 Å². The van der Waals surface area contributed by atoms with Crippen LogP contribution < -0.4 is 0 Å². The molecule has 0 spiro atoms. The molecule has 0 bridgehead atoms. The third kappa shape index (κ3) is 1.74. The highest BCUT2D eigenvalue weighted by molar-refractivity contribution is 9.10. The first-order valence-corrected chi connectivity index (χ1v) is 5.76. The van der Waals surface area contributed by atoms with Gasteiger partial charge in [0, 0.05) is 16.1 Å². The van der Waals surface area contributed by atoms with Crippen LogP contribution in [-0.2, 0) is 9.47 Å². The van der Waals surface area contributed by atoms with E-state index in [0.29, 0.717) is 5.92 Å². The fourth-order valence-electron chi connectivity index (χ4n) is 1.61. The van der Waals surface area contributed by atoms with Crippen LogP contribution in [0.25, 0.3) is 0 Å². The zero-order chi connectivity index (χ0) is 10.3. The van der Waals surface area contributed by atoms with Crippen LogP contribution in [0.4, 0.5) is 0 Å². The molecular formula is C11H10BrNO2. The van der Waals surface area contributed by atoms with Gasteiger partial charge in [-0.15, -0.1) is 0 Å². The van der Waals surface area contributed by atoms with Crippen LogP contribution in [-0.4, -0.2) is 4.98 Å². The molecule has 1 aliphatic heterocycles. The SMILES string of the molecule is Brc1ccc(C2CC2)nc1C1OC=CO1. The molecule has 0 amide bonds. The van der Waals surface area contributed by atoms with Crippen molar-refractivity contribution in [3.8, 4) is 0 Å². The van der Waals surface area contributed by atoms with Crippen molar-refractivity contribution in [2.24, 2.45) is 0 Å². The Morgan fingerprint density at radius 2 is 1.93 bits per heavy atom. The lowest BCUT2D eigenvalue weighted by atomic mass is 10.2. The number of hydrogen-bond acceptors (Lipinski definition) is 3. The maximum atomic E-state index is 5.28. The van der Waals surface area contributed by atoms with Crippen molar-refractivity contribution in [1.29, 1.82) is 0 Å². The standard InChI is InChI=1S/C11H10BrNO2/c12-8-3-4-9(7-1-2-7)13-10(8)11-14-5-6-15-11/h3-7,11H,1-2H2. The molecule has 1 aromatic rings. The molecule has 0 aromatic carbocycles. The molecular weight excluding hydrogens is 258 g/mol. The van der Waals surface area contributed by atoms with E-state index in [9.17, 15) is 0 Å². The van der Waals surface area contributed by atoms with Crippen LogP contribution in [0.5, 0.6) is 0 Å². The van der Waals surface area contributed by atoms with Gasteiger partial charge >= 0.3 is 0 Å².